The molecule has 0 saturated carbocycles. The first-order valence-corrected chi connectivity index (χ1v) is 8.13. The number of rotatable bonds is 6. The SMILES string of the molecule is CCCCCN(C)S(=O)(=O)c1ccccc1C#CCO. The van der Waals surface area contributed by atoms with Gasteiger partial charge in [-0.2, -0.15) is 0 Å². The molecule has 0 heterocycles. The van der Waals surface area contributed by atoms with E-state index in [1.54, 1.807) is 31.3 Å². The van der Waals surface area contributed by atoms with Crippen molar-refractivity contribution >= 4 is 10.0 Å². The van der Waals surface area contributed by atoms with Crippen LogP contribution in [-0.4, -0.2) is 38.0 Å². The van der Waals surface area contributed by atoms with E-state index in [4.69, 9.17) is 5.11 Å². The summed E-state index contributed by atoms with van der Waals surface area (Å²) in [6.45, 7) is 2.28. The first-order valence-electron chi connectivity index (χ1n) is 6.69. The van der Waals surface area contributed by atoms with Crippen molar-refractivity contribution < 1.29 is 13.5 Å². The van der Waals surface area contributed by atoms with E-state index in [-0.39, 0.29) is 11.5 Å². The first-order chi connectivity index (χ1) is 9.54. The molecule has 1 rings (SSSR count). The molecule has 0 fully saturated rings. The van der Waals surface area contributed by atoms with Gasteiger partial charge < -0.3 is 5.11 Å². The molecule has 0 aliphatic carbocycles. The van der Waals surface area contributed by atoms with Crippen molar-refractivity contribution in [2.75, 3.05) is 20.2 Å². The quantitative estimate of drug-likeness (QED) is 0.643. The molecule has 1 aromatic carbocycles. The minimum Gasteiger partial charge on any atom is -0.384 e. The fraction of sp³-hybridized carbons (Fsp3) is 0.467. The minimum atomic E-state index is -3.53. The van der Waals surface area contributed by atoms with Crippen LogP contribution in [0.25, 0.3) is 0 Å². The maximum absolute atomic E-state index is 12.5. The third-order valence-electron chi connectivity index (χ3n) is 2.95. The Labute approximate surface area is 121 Å². The average Bonchev–Trinajstić information content (AvgIpc) is 2.45. The largest absolute Gasteiger partial charge is 0.384 e. The van der Waals surface area contributed by atoms with Gasteiger partial charge in [-0.3, -0.25) is 0 Å². The zero-order chi connectivity index (χ0) is 15.0. The van der Waals surface area contributed by atoms with E-state index in [1.165, 1.54) is 4.31 Å². The zero-order valence-corrected chi connectivity index (χ0v) is 12.8. The highest BCUT2D eigenvalue weighted by molar-refractivity contribution is 7.89. The van der Waals surface area contributed by atoms with Crippen LogP contribution in [0, 0.1) is 11.8 Å². The molecule has 0 aliphatic heterocycles. The molecule has 1 N–H and O–H groups in total. The Morgan fingerprint density at radius 1 is 1.25 bits per heavy atom. The first kappa shape index (κ1) is 16.7. The smallest absolute Gasteiger partial charge is 0.244 e. The highest BCUT2D eigenvalue weighted by Gasteiger charge is 2.22. The molecule has 1 aromatic rings. The molecule has 0 aromatic heterocycles. The Bertz CT molecular complexity index is 585. The molecule has 0 unspecified atom stereocenters. The van der Waals surface area contributed by atoms with E-state index in [0.717, 1.165) is 19.3 Å². The third-order valence-corrected chi connectivity index (χ3v) is 4.87. The number of benzene rings is 1. The van der Waals surface area contributed by atoms with Crippen molar-refractivity contribution in [1.82, 2.24) is 4.31 Å². The van der Waals surface area contributed by atoms with Crippen LogP contribution in [0.5, 0.6) is 0 Å². The zero-order valence-electron chi connectivity index (χ0n) is 12.0. The molecule has 110 valence electrons. The monoisotopic (exact) mass is 295 g/mol. The number of unbranched alkanes of at least 4 members (excludes halogenated alkanes) is 2. The molecule has 0 radical (unpaired) electrons. The van der Waals surface area contributed by atoms with Crippen LogP contribution in [0.3, 0.4) is 0 Å². The summed E-state index contributed by atoms with van der Waals surface area (Å²) in [5.41, 5.74) is 0.420. The number of hydrogen-bond acceptors (Lipinski definition) is 3. The standard InChI is InChI=1S/C15H21NO3S/c1-3-4-7-12-16(2)20(18,19)15-11-6-5-9-14(15)10-8-13-17/h5-6,9,11,17H,3-4,7,12-13H2,1-2H3. The lowest BCUT2D eigenvalue weighted by atomic mass is 10.2. The Hall–Kier alpha value is -1.35. The van der Waals surface area contributed by atoms with Gasteiger partial charge in [-0.25, -0.2) is 12.7 Å². The van der Waals surface area contributed by atoms with E-state index in [2.05, 4.69) is 18.8 Å². The summed E-state index contributed by atoms with van der Waals surface area (Å²) in [5.74, 6) is 5.18. The van der Waals surface area contributed by atoms with Crippen molar-refractivity contribution in [3.63, 3.8) is 0 Å². The summed E-state index contributed by atoms with van der Waals surface area (Å²) in [5, 5.41) is 8.74. The third kappa shape index (κ3) is 4.34. The molecule has 0 aliphatic rings. The van der Waals surface area contributed by atoms with Crippen LogP contribution < -0.4 is 0 Å². The van der Waals surface area contributed by atoms with Gasteiger partial charge in [0.05, 0.1) is 4.90 Å². The minimum absolute atomic E-state index is 0.194. The topological polar surface area (TPSA) is 57.6 Å². The van der Waals surface area contributed by atoms with Crippen molar-refractivity contribution in [2.24, 2.45) is 0 Å². The van der Waals surface area contributed by atoms with E-state index < -0.39 is 10.0 Å². The average molecular weight is 295 g/mol. The molecular weight excluding hydrogens is 274 g/mol. The van der Waals surface area contributed by atoms with Crippen LogP contribution in [0.15, 0.2) is 29.2 Å². The van der Waals surface area contributed by atoms with Crippen LogP contribution in [0.1, 0.15) is 31.7 Å². The molecule has 20 heavy (non-hydrogen) atoms. The van der Waals surface area contributed by atoms with E-state index in [9.17, 15) is 8.42 Å². The lowest BCUT2D eigenvalue weighted by Gasteiger charge is -2.17. The van der Waals surface area contributed by atoms with Crippen molar-refractivity contribution in [3.8, 4) is 11.8 Å². The van der Waals surface area contributed by atoms with Gasteiger partial charge in [0.15, 0.2) is 0 Å². The van der Waals surface area contributed by atoms with Crippen LogP contribution >= 0.6 is 0 Å². The van der Waals surface area contributed by atoms with Crippen LogP contribution in [0.2, 0.25) is 0 Å². The van der Waals surface area contributed by atoms with Gasteiger partial charge in [0.25, 0.3) is 0 Å². The summed E-state index contributed by atoms with van der Waals surface area (Å²) in [6.07, 6.45) is 2.90. The Kier molecular flexibility index (Phi) is 6.73. The summed E-state index contributed by atoms with van der Waals surface area (Å²) in [6, 6.07) is 6.61. The predicted molar refractivity (Wildman–Crippen MR) is 79.7 cm³/mol. The van der Waals surface area contributed by atoms with Gasteiger partial charge in [-0.05, 0) is 18.6 Å². The van der Waals surface area contributed by atoms with Gasteiger partial charge in [-0.1, -0.05) is 43.7 Å². The predicted octanol–water partition coefficient (Wildman–Crippen LogP) is 1.84. The molecule has 0 amide bonds. The van der Waals surface area contributed by atoms with Crippen molar-refractivity contribution in [3.05, 3.63) is 29.8 Å². The number of hydrogen-bond donors (Lipinski definition) is 1. The van der Waals surface area contributed by atoms with Crippen molar-refractivity contribution in [1.29, 1.82) is 0 Å². The summed E-state index contributed by atoms with van der Waals surface area (Å²) in [4.78, 5) is 0.194. The molecule has 4 nitrogen and oxygen atoms in total. The Morgan fingerprint density at radius 2 is 1.95 bits per heavy atom. The van der Waals surface area contributed by atoms with Crippen LogP contribution in [-0.2, 0) is 10.0 Å². The second kappa shape index (κ2) is 8.05. The molecule has 0 bridgehead atoms. The maximum Gasteiger partial charge on any atom is 0.244 e. The second-order valence-corrected chi connectivity index (χ2v) is 6.50. The number of sulfonamides is 1. The number of aliphatic hydroxyl groups is 1. The van der Waals surface area contributed by atoms with E-state index in [0.29, 0.717) is 12.1 Å². The molecular formula is C15H21NO3S. The van der Waals surface area contributed by atoms with Gasteiger partial charge in [0.1, 0.15) is 6.61 Å². The maximum atomic E-state index is 12.5. The Balaban J connectivity index is 3.03. The Morgan fingerprint density at radius 3 is 2.60 bits per heavy atom. The fourth-order valence-corrected chi connectivity index (χ4v) is 3.15. The molecule has 0 spiro atoms. The second-order valence-electron chi connectivity index (χ2n) is 4.49. The number of aliphatic hydroxyl groups excluding tert-OH is 1. The fourth-order valence-electron chi connectivity index (χ4n) is 1.80. The highest BCUT2D eigenvalue weighted by atomic mass is 32.2. The molecule has 0 atom stereocenters. The van der Waals surface area contributed by atoms with E-state index in [1.807, 2.05) is 0 Å². The van der Waals surface area contributed by atoms with Crippen molar-refractivity contribution in [2.45, 2.75) is 31.1 Å². The highest BCUT2D eigenvalue weighted by Crippen LogP contribution is 2.19. The lowest BCUT2D eigenvalue weighted by molar-refractivity contribution is 0.350. The van der Waals surface area contributed by atoms with Gasteiger partial charge in [0, 0.05) is 19.2 Å². The molecule has 5 heteroatoms. The summed E-state index contributed by atoms with van der Waals surface area (Å²) < 4.78 is 26.4. The summed E-state index contributed by atoms with van der Waals surface area (Å²) in [7, 11) is -1.95. The van der Waals surface area contributed by atoms with Gasteiger partial charge in [0.2, 0.25) is 10.0 Å². The molecule has 0 saturated heterocycles. The summed E-state index contributed by atoms with van der Waals surface area (Å²) >= 11 is 0. The van der Waals surface area contributed by atoms with Gasteiger partial charge in [-0.15, -0.1) is 0 Å². The number of nitrogens with zero attached hydrogens (tertiary/aromatic N) is 1. The normalized spacial score (nSPS) is 11.2. The van der Waals surface area contributed by atoms with E-state index >= 15 is 0 Å². The van der Waals surface area contributed by atoms with Gasteiger partial charge >= 0.3 is 0 Å². The van der Waals surface area contributed by atoms with Crippen LogP contribution in [0.4, 0.5) is 0 Å². The lowest BCUT2D eigenvalue weighted by Crippen LogP contribution is -2.28.